The number of hydrogen-bond acceptors (Lipinski definition) is 2. The topological polar surface area (TPSA) is 45.8 Å². The van der Waals surface area contributed by atoms with Gasteiger partial charge in [-0.05, 0) is 0 Å². The highest BCUT2D eigenvalue weighted by Crippen LogP contribution is 2.25. The van der Waals surface area contributed by atoms with Gasteiger partial charge >= 0.3 is 6.18 Å². The summed E-state index contributed by atoms with van der Waals surface area (Å²) in [6, 6.07) is 0. The monoisotopic (exact) mass is 164 g/mol. The lowest BCUT2D eigenvalue weighted by Gasteiger charge is -1.98. The number of aldehydes is 1. The van der Waals surface area contributed by atoms with Crippen LogP contribution in [0.25, 0.3) is 0 Å². The molecule has 1 heterocycles. The number of nitrogens with zero attached hydrogens (tertiary/aromatic N) is 1. The minimum atomic E-state index is -4.51. The third-order valence-corrected chi connectivity index (χ3v) is 0.991. The van der Waals surface area contributed by atoms with Gasteiger partial charge in [0.05, 0.1) is 11.9 Å². The molecule has 1 rings (SSSR count). The van der Waals surface area contributed by atoms with Gasteiger partial charge in [0.15, 0.2) is 6.29 Å². The number of carbonyl (C=O) groups is 1. The molecule has 1 aromatic heterocycles. The Labute approximate surface area is 59.2 Å². The van der Waals surface area contributed by atoms with Crippen molar-refractivity contribution in [1.29, 1.82) is 0 Å². The molecule has 0 unspecified atom stereocenters. The van der Waals surface area contributed by atoms with Gasteiger partial charge in [0.1, 0.15) is 0 Å². The third kappa shape index (κ3) is 1.57. The Hall–Kier alpha value is -1.33. The Morgan fingerprint density at radius 2 is 2.18 bits per heavy atom. The Balaban J connectivity index is 2.98. The summed E-state index contributed by atoms with van der Waals surface area (Å²) in [4.78, 5) is 14.7. The zero-order valence-electron chi connectivity index (χ0n) is 5.14. The third-order valence-electron chi connectivity index (χ3n) is 0.991. The van der Waals surface area contributed by atoms with Crippen molar-refractivity contribution in [2.75, 3.05) is 0 Å². The minimum absolute atomic E-state index is 0.183. The van der Waals surface area contributed by atoms with Crippen LogP contribution in [0.5, 0.6) is 0 Å². The second-order valence-electron chi connectivity index (χ2n) is 1.80. The van der Waals surface area contributed by atoms with Gasteiger partial charge in [0, 0.05) is 0 Å². The van der Waals surface area contributed by atoms with E-state index in [2.05, 4.69) is 4.98 Å². The number of carbonyl (C=O) groups excluding carboxylic acids is 1. The van der Waals surface area contributed by atoms with E-state index in [0.717, 1.165) is 6.20 Å². The van der Waals surface area contributed by atoms with Gasteiger partial charge in [-0.25, -0.2) is 4.98 Å². The average Bonchev–Trinajstić information content (AvgIpc) is 2.32. The Bertz CT molecular complexity index is 265. The van der Waals surface area contributed by atoms with Gasteiger partial charge in [0.25, 0.3) is 0 Å². The summed E-state index contributed by atoms with van der Waals surface area (Å²) in [5.41, 5.74) is -0.183. The normalized spacial score (nSPS) is 11.5. The molecule has 0 bridgehead atoms. The van der Waals surface area contributed by atoms with Crippen molar-refractivity contribution in [2.24, 2.45) is 0 Å². The van der Waals surface area contributed by atoms with E-state index in [1.807, 2.05) is 0 Å². The zero-order valence-corrected chi connectivity index (χ0v) is 5.14. The lowest BCUT2D eigenvalue weighted by atomic mass is 10.5. The molecule has 0 atom stereocenters. The molecule has 3 nitrogen and oxygen atoms in total. The molecule has 0 radical (unpaired) electrons. The summed E-state index contributed by atoms with van der Waals surface area (Å²) in [5, 5.41) is 0. The number of hydrogen-bond donors (Lipinski definition) is 1. The van der Waals surface area contributed by atoms with Crippen LogP contribution in [0.15, 0.2) is 6.20 Å². The standard InChI is InChI=1S/C5H3F3N2O/c6-5(7,8)4-9-1-3(2-11)10-4/h1-2H,(H,9,10). The van der Waals surface area contributed by atoms with Crippen LogP contribution in [-0.2, 0) is 6.18 Å². The molecule has 1 aromatic rings. The van der Waals surface area contributed by atoms with E-state index in [-0.39, 0.29) is 12.0 Å². The number of H-pyrrole nitrogens is 1. The minimum Gasteiger partial charge on any atom is -0.332 e. The van der Waals surface area contributed by atoms with Crippen molar-refractivity contribution in [3.8, 4) is 0 Å². The van der Waals surface area contributed by atoms with Crippen LogP contribution in [0, 0.1) is 0 Å². The summed E-state index contributed by atoms with van der Waals surface area (Å²) in [5.74, 6) is -1.15. The van der Waals surface area contributed by atoms with Gasteiger partial charge < -0.3 is 4.98 Å². The molecule has 0 amide bonds. The molecule has 1 N–H and O–H groups in total. The molecule has 0 aliphatic rings. The molecule has 0 saturated carbocycles. The van der Waals surface area contributed by atoms with Crippen LogP contribution in [0.4, 0.5) is 13.2 Å². The Morgan fingerprint density at radius 1 is 1.55 bits per heavy atom. The van der Waals surface area contributed by atoms with Crippen molar-refractivity contribution in [1.82, 2.24) is 9.97 Å². The Kier molecular flexibility index (Phi) is 1.67. The first-order valence-electron chi connectivity index (χ1n) is 2.61. The predicted octanol–water partition coefficient (Wildman–Crippen LogP) is 1.24. The summed E-state index contributed by atoms with van der Waals surface area (Å²) in [6.07, 6.45) is -3.42. The number of rotatable bonds is 1. The van der Waals surface area contributed by atoms with Crippen LogP contribution in [-0.4, -0.2) is 16.3 Å². The second-order valence-corrected chi connectivity index (χ2v) is 1.80. The number of halogens is 3. The number of nitrogens with one attached hydrogen (secondary N) is 1. The van der Waals surface area contributed by atoms with E-state index in [9.17, 15) is 18.0 Å². The van der Waals surface area contributed by atoms with E-state index in [4.69, 9.17) is 0 Å². The first kappa shape index (κ1) is 7.77. The van der Waals surface area contributed by atoms with Gasteiger partial charge in [0.2, 0.25) is 5.82 Å². The largest absolute Gasteiger partial charge is 0.449 e. The van der Waals surface area contributed by atoms with E-state index < -0.39 is 12.0 Å². The highest BCUT2D eigenvalue weighted by Gasteiger charge is 2.34. The van der Waals surface area contributed by atoms with Crippen molar-refractivity contribution < 1.29 is 18.0 Å². The van der Waals surface area contributed by atoms with Crippen LogP contribution < -0.4 is 0 Å². The average molecular weight is 164 g/mol. The fourth-order valence-electron chi connectivity index (χ4n) is 0.539. The molecule has 60 valence electrons. The number of imidazole rings is 1. The smallest absolute Gasteiger partial charge is 0.332 e. The van der Waals surface area contributed by atoms with E-state index in [1.165, 1.54) is 0 Å². The summed E-state index contributed by atoms with van der Waals surface area (Å²) in [6.45, 7) is 0. The Morgan fingerprint density at radius 3 is 2.45 bits per heavy atom. The molecule has 0 aliphatic heterocycles. The molecule has 0 fully saturated rings. The fraction of sp³-hybridized carbons (Fsp3) is 0.200. The number of alkyl halides is 3. The molecule has 11 heavy (non-hydrogen) atoms. The molecular weight excluding hydrogens is 161 g/mol. The van der Waals surface area contributed by atoms with Crippen LogP contribution >= 0.6 is 0 Å². The van der Waals surface area contributed by atoms with E-state index >= 15 is 0 Å². The van der Waals surface area contributed by atoms with Crippen molar-refractivity contribution >= 4 is 6.29 Å². The lowest BCUT2D eigenvalue weighted by molar-refractivity contribution is -0.144. The highest BCUT2D eigenvalue weighted by atomic mass is 19.4. The second kappa shape index (κ2) is 2.37. The highest BCUT2D eigenvalue weighted by molar-refractivity contribution is 5.71. The van der Waals surface area contributed by atoms with Crippen LogP contribution in [0.1, 0.15) is 16.3 Å². The zero-order chi connectivity index (χ0) is 8.48. The quantitative estimate of drug-likeness (QED) is 0.634. The molecular formula is C5H3F3N2O. The maximum absolute atomic E-state index is 11.7. The predicted molar refractivity (Wildman–Crippen MR) is 29.0 cm³/mol. The summed E-state index contributed by atoms with van der Waals surface area (Å²) in [7, 11) is 0. The van der Waals surface area contributed by atoms with Gasteiger partial charge in [-0.2, -0.15) is 13.2 Å². The first-order valence-corrected chi connectivity index (χ1v) is 2.61. The van der Waals surface area contributed by atoms with Crippen molar-refractivity contribution in [3.05, 3.63) is 17.7 Å². The van der Waals surface area contributed by atoms with Crippen LogP contribution in [0.3, 0.4) is 0 Å². The van der Waals surface area contributed by atoms with E-state index in [0.29, 0.717) is 0 Å². The van der Waals surface area contributed by atoms with Crippen molar-refractivity contribution in [2.45, 2.75) is 6.18 Å². The van der Waals surface area contributed by atoms with Crippen LogP contribution in [0.2, 0.25) is 0 Å². The van der Waals surface area contributed by atoms with Gasteiger partial charge in [-0.3, -0.25) is 4.79 Å². The molecule has 0 aliphatic carbocycles. The molecule has 6 heteroatoms. The first-order chi connectivity index (χ1) is 5.04. The SMILES string of the molecule is O=Cc1cnc(C(F)(F)F)[nH]1. The molecule has 0 saturated heterocycles. The van der Waals surface area contributed by atoms with Gasteiger partial charge in [-0.15, -0.1) is 0 Å². The maximum atomic E-state index is 11.7. The maximum Gasteiger partial charge on any atom is 0.449 e. The van der Waals surface area contributed by atoms with Crippen molar-refractivity contribution in [3.63, 3.8) is 0 Å². The lowest BCUT2D eigenvalue weighted by Crippen LogP contribution is -2.07. The number of aromatic amines is 1. The fourth-order valence-corrected chi connectivity index (χ4v) is 0.539. The summed E-state index contributed by atoms with van der Waals surface area (Å²) < 4.78 is 35.2. The summed E-state index contributed by atoms with van der Waals surface area (Å²) >= 11 is 0. The van der Waals surface area contributed by atoms with Gasteiger partial charge in [-0.1, -0.05) is 0 Å². The molecule has 0 aromatic carbocycles. The van der Waals surface area contributed by atoms with E-state index in [1.54, 1.807) is 4.98 Å². The number of aromatic nitrogens is 2. The molecule has 0 spiro atoms.